The van der Waals surface area contributed by atoms with Gasteiger partial charge in [0.05, 0.1) is 0 Å². The maximum atomic E-state index is 5.98. The fraction of sp³-hybridized carbons (Fsp3) is 0.143. The van der Waals surface area contributed by atoms with Gasteiger partial charge in [0.15, 0.2) is 0 Å². The molecule has 0 N–H and O–H groups in total. The molecule has 1 aliphatic rings. The number of hydrogen-bond acceptors (Lipinski definition) is 2. The van der Waals surface area contributed by atoms with E-state index in [1.165, 1.54) is 22.3 Å². The van der Waals surface area contributed by atoms with E-state index < -0.39 is 0 Å². The second-order valence-corrected chi connectivity index (χ2v) is 5.63. The minimum absolute atomic E-state index is 0.542. The molecule has 0 unspecified atom stereocenters. The number of rotatable bonds is 5. The van der Waals surface area contributed by atoms with Crippen molar-refractivity contribution in [3.05, 3.63) is 83.9 Å². The Morgan fingerprint density at radius 3 is 2.30 bits per heavy atom. The van der Waals surface area contributed by atoms with E-state index >= 15 is 0 Å². The Morgan fingerprint density at radius 1 is 0.652 bits per heavy atom. The first-order valence-electron chi connectivity index (χ1n) is 7.92. The quantitative estimate of drug-likeness (QED) is 0.497. The van der Waals surface area contributed by atoms with Gasteiger partial charge in [0.1, 0.15) is 24.7 Å². The second-order valence-electron chi connectivity index (χ2n) is 5.63. The Balaban J connectivity index is 1.43. The molecule has 0 saturated carbocycles. The summed E-state index contributed by atoms with van der Waals surface area (Å²) in [4.78, 5) is 0. The molecule has 0 saturated heterocycles. The molecule has 0 atom stereocenters. The summed E-state index contributed by atoms with van der Waals surface area (Å²) in [5.74, 6) is 1.84. The van der Waals surface area contributed by atoms with Crippen molar-refractivity contribution in [3.63, 3.8) is 0 Å². The molecule has 2 nitrogen and oxygen atoms in total. The third-order valence-electron chi connectivity index (χ3n) is 4.16. The molecule has 0 heterocycles. The van der Waals surface area contributed by atoms with Gasteiger partial charge in [-0.1, -0.05) is 54.6 Å². The fourth-order valence-electron chi connectivity index (χ4n) is 3.09. The summed E-state index contributed by atoms with van der Waals surface area (Å²) >= 11 is 0. The first-order valence-corrected chi connectivity index (χ1v) is 7.92. The number of ether oxygens (including phenoxy) is 2. The molecule has 114 valence electrons. The van der Waals surface area contributed by atoms with Crippen LogP contribution in [0.25, 0.3) is 11.1 Å². The van der Waals surface area contributed by atoms with Gasteiger partial charge in [-0.15, -0.1) is 0 Å². The lowest BCUT2D eigenvalue weighted by molar-refractivity contribution is 0.216. The summed E-state index contributed by atoms with van der Waals surface area (Å²) in [6.45, 7) is 1.09. The van der Waals surface area contributed by atoms with Crippen molar-refractivity contribution in [2.75, 3.05) is 13.2 Å². The highest BCUT2D eigenvalue weighted by Gasteiger charge is 2.20. The van der Waals surface area contributed by atoms with Crippen LogP contribution in [0, 0.1) is 0 Å². The molecule has 3 aromatic carbocycles. The molecule has 0 radical (unpaired) electrons. The van der Waals surface area contributed by atoms with E-state index in [0.717, 1.165) is 17.9 Å². The van der Waals surface area contributed by atoms with Gasteiger partial charge in [0.2, 0.25) is 0 Å². The van der Waals surface area contributed by atoms with Crippen molar-refractivity contribution >= 4 is 0 Å². The number of para-hydroxylation sites is 1. The number of hydrogen-bond donors (Lipinski definition) is 0. The average Bonchev–Trinajstić information content (AvgIpc) is 2.99. The van der Waals surface area contributed by atoms with Crippen LogP contribution in [0.5, 0.6) is 11.5 Å². The van der Waals surface area contributed by atoms with Crippen molar-refractivity contribution in [1.82, 2.24) is 0 Å². The summed E-state index contributed by atoms with van der Waals surface area (Å²) in [5.41, 5.74) is 5.28. The highest BCUT2D eigenvalue weighted by Crippen LogP contribution is 2.40. The molecule has 3 aromatic rings. The molecule has 0 aliphatic heterocycles. The highest BCUT2D eigenvalue weighted by atomic mass is 16.5. The lowest BCUT2D eigenvalue weighted by atomic mass is 10.1. The van der Waals surface area contributed by atoms with Crippen LogP contribution in [0.1, 0.15) is 11.1 Å². The smallest absolute Gasteiger partial charge is 0.123 e. The number of fused-ring (bicyclic) bond motifs is 3. The summed E-state index contributed by atoms with van der Waals surface area (Å²) in [6.07, 6.45) is 0.946. The van der Waals surface area contributed by atoms with Gasteiger partial charge in [-0.05, 0) is 34.9 Å². The summed E-state index contributed by atoms with van der Waals surface area (Å²) < 4.78 is 11.7. The second kappa shape index (κ2) is 6.17. The highest BCUT2D eigenvalue weighted by molar-refractivity contribution is 5.78. The molecule has 0 bridgehead atoms. The zero-order valence-corrected chi connectivity index (χ0v) is 12.9. The van der Waals surface area contributed by atoms with Gasteiger partial charge in [-0.3, -0.25) is 0 Å². The van der Waals surface area contributed by atoms with Crippen LogP contribution < -0.4 is 9.47 Å². The molecule has 1 aliphatic carbocycles. The van der Waals surface area contributed by atoms with Crippen molar-refractivity contribution in [2.24, 2.45) is 0 Å². The standard InChI is InChI=1S/C21H18O2/c1-2-8-17(9-3-1)22-13-14-23-21-12-6-11-19-18-10-5-4-7-16(18)15-20(19)21/h1-12H,13-15H2. The average molecular weight is 302 g/mol. The van der Waals surface area contributed by atoms with E-state index in [-0.39, 0.29) is 0 Å². The van der Waals surface area contributed by atoms with Crippen LogP contribution in [0.2, 0.25) is 0 Å². The van der Waals surface area contributed by atoms with Crippen LogP contribution in [0.15, 0.2) is 72.8 Å². The molecule has 0 amide bonds. The van der Waals surface area contributed by atoms with E-state index in [1.54, 1.807) is 0 Å². The Morgan fingerprint density at radius 2 is 1.39 bits per heavy atom. The lowest BCUT2D eigenvalue weighted by Crippen LogP contribution is -2.09. The minimum atomic E-state index is 0.542. The monoisotopic (exact) mass is 302 g/mol. The fourth-order valence-corrected chi connectivity index (χ4v) is 3.09. The number of benzene rings is 3. The molecule has 2 heteroatoms. The first-order chi connectivity index (χ1) is 11.4. The predicted molar refractivity (Wildman–Crippen MR) is 92.1 cm³/mol. The Labute approximate surface area is 136 Å². The van der Waals surface area contributed by atoms with Crippen LogP contribution in [-0.2, 0) is 6.42 Å². The maximum absolute atomic E-state index is 5.98. The third-order valence-corrected chi connectivity index (χ3v) is 4.16. The van der Waals surface area contributed by atoms with Crippen molar-refractivity contribution in [1.29, 1.82) is 0 Å². The molecule has 23 heavy (non-hydrogen) atoms. The van der Waals surface area contributed by atoms with Gasteiger partial charge in [-0.2, -0.15) is 0 Å². The molecule has 0 fully saturated rings. The van der Waals surface area contributed by atoms with E-state index in [2.05, 4.69) is 36.4 Å². The largest absolute Gasteiger partial charge is 0.490 e. The van der Waals surface area contributed by atoms with E-state index in [0.29, 0.717) is 13.2 Å². The molecular weight excluding hydrogens is 284 g/mol. The van der Waals surface area contributed by atoms with Gasteiger partial charge in [0.25, 0.3) is 0 Å². The van der Waals surface area contributed by atoms with Crippen LogP contribution in [-0.4, -0.2) is 13.2 Å². The van der Waals surface area contributed by atoms with Crippen molar-refractivity contribution in [3.8, 4) is 22.6 Å². The predicted octanol–water partition coefficient (Wildman–Crippen LogP) is 4.72. The van der Waals surface area contributed by atoms with E-state index in [9.17, 15) is 0 Å². The Hall–Kier alpha value is -2.74. The van der Waals surface area contributed by atoms with Gasteiger partial charge < -0.3 is 9.47 Å². The van der Waals surface area contributed by atoms with Crippen molar-refractivity contribution < 1.29 is 9.47 Å². The maximum Gasteiger partial charge on any atom is 0.123 e. The molecule has 4 rings (SSSR count). The van der Waals surface area contributed by atoms with Gasteiger partial charge in [-0.25, -0.2) is 0 Å². The Bertz CT molecular complexity index is 809. The van der Waals surface area contributed by atoms with Crippen LogP contribution in [0.3, 0.4) is 0 Å². The van der Waals surface area contributed by atoms with E-state index in [4.69, 9.17) is 9.47 Å². The summed E-state index contributed by atoms with van der Waals surface area (Å²) in [7, 11) is 0. The minimum Gasteiger partial charge on any atom is -0.490 e. The zero-order chi connectivity index (χ0) is 15.5. The summed E-state index contributed by atoms with van der Waals surface area (Å²) in [5, 5.41) is 0. The molecular formula is C21H18O2. The normalized spacial score (nSPS) is 11.7. The van der Waals surface area contributed by atoms with Crippen molar-refractivity contribution in [2.45, 2.75) is 6.42 Å². The summed E-state index contributed by atoms with van der Waals surface area (Å²) in [6, 6.07) is 24.7. The van der Waals surface area contributed by atoms with E-state index in [1.807, 2.05) is 36.4 Å². The lowest BCUT2D eigenvalue weighted by Gasteiger charge is -2.11. The van der Waals surface area contributed by atoms with Crippen LogP contribution in [0.4, 0.5) is 0 Å². The van der Waals surface area contributed by atoms with Gasteiger partial charge in [0, 0.05) is 12.0 Å². The van der Waals surface area contributed by atoms with Crippen LogP contribution >= 0.6 is 0 Å². The molecule has 0 spiro atoms. The first kappa shape index (κ1) is 13.9. The van der Waals surface area contributed by atoms with Gasteiger partial charge >= 0.3 is 0 Å². The third kappa shape index (κ3) is 2.80. The molecule has 0 aromatic heterocycles. The SMILES string of the molecule is c1ccc(OCCOc2cccc3c2Cc2ccccc2-3)cc1. The topological polar surface area (TPSA) is 18.5 Å². The Kier molecular flexibility index (Phi) is 3.73. The zero-order valence-electron chi connectivity index (χ0n) is 12.9.